The zero-order valence-electron chi connectivity index (χ0n) is 11.0. The molecule has 0 radical (unpaired) electrons. The standard InChI is InChI=1S/C16H15NO2/c1-12-3-5-13(6-4-12)7-8-14-11-17-10-9-15(14)16(18)19-2/h3-11H,1-2H3/b8-7+. The number of aromatic nitrogens is 1. The first-order chi connectivity index (χ1) is 9.20. The largest absolute Gasteiger partial charge is 0.465 e. The van der Waals surface area contributed by atoms with Crippen LogP contribution in [0.1, 0.15) is 27.0 Å². The number of methoxy groups -OCH3 is 1. The lowest BCUT2D eigenvalue weighted by atomic mass is 10.1. The molecule has 0 spiro atoms. The zero-order chi connectivity index (χ0) is 13.7. The Kier molecular flexibility index (Phi) is 4.08. The summed E-state index contributed by atoms with van der Waals surface area (Å²) in [5.74, 6) is -0.356. The molecule has 0 fully saturated rings. The third-order valence-electron chi connectivity index (χ3n) is 2.79. The molecule has 0 N–H and O–H groups in total. The van der Waals surface area contributed by atoms with Crippen molar-refractivity contribution in [2.24, 2.45) is 0 Å². The molecule has 0 saturated carbocycles. The van der Waals surface area contributed by atoms with Gasteiger partial charge in [0, 0.05) is 18.0 Å². The number of carbonyl (C=O) groups is 1. The fourth-order valence-corrected chi connectivity index (χ4v) is 1.70. The smallest absolute Gasteiger partial charge is 0.338 e. The summed E-state index contributed by atoms with van der Waals surface area (Å²) in [5.41, 5.74) is 3.55. The minimum Gasteiger partial charge on any atom is -0.465 e. The van der Waals surface area contributed by atoms with Crippen molar-refractivity contribution in [3.05, 3.63) is 65.0 Å². The van der Waals surface area contributed by atoms with Crippen LogP contribution >= 0.6 is 0 Å². The van der Waals surface area contributed by atoms with E-state index < -0.39 is 0 Å². The maximum atomic E-state index is 11.6. The van der Waals surface area contributed by atoms with E-state index >= 15 is 0 Å². The van der Waals surface area contributed by atoms with E-state index in [0.29, 0.717) is 5.56 Å². The number of hydrogen-bond donors (Lipinski definition) is 0. The van der Waals surface area contributed by atoms with E-state index in [2.05, 4.69) is 4.98 Å². The fourth-order valence-electron chi connectivity index (χ4n) is 1.70. The van der Waals surface area contributed by atoms with Gasteiger partial charge in [-0.1, -0.05) is 42.0 Å². The predicted molar refractivity (Wildman–Crippen MR) is 75.7 cm³/mol. The van der Waals surface area contributed by atoms with Crippen molar-refractivity contribution in [1.29, 1.82) is 0 Å². The van der Waals surface area contributed by atoms with Crippen LogP contribution in [0.4, 0.5) is 0 Å². The minimum absolute atomic E-state index is 0.356. The molecule has 3 nitrogen and oxygen atoms in total. The molecule has 1 heterocycles. The van der Waals surface area contributed by atoms with Crippen molar-refractivity contribution < 1.29 is 9.53 Å². The van der Waals surface area contributed by atoms with E-state index in [1.54, 1.807) is 18.5 Å². The molecule has 2 aromatic rings. The number of hydrogen-bond acceptors (Lipinski definition) is 3. The van der Waals surface area contributed by atoms with E-state index in [9.17, 15) is 4.79 Å². The highest BCUT2D eigenvalue weighted by atomic mass is 16.5. The fraction of sp³-hybridized carbons (Fsp3) is 0.125. The summed E-state index contributed by atoms with van der Waals surface area (Å²) in [6.07, 6.45) is 7.04. The molecule has 0 aliphatic rings. The van der Waals surface area contributed by atoms with Crippen LogP contribution in [0.25, 0.3) is 12.2 Å². The van der Waals surface area contributed by atoms with E-state index in [4.69, 9.17) is 4.74 Å². The molecule has 0 bridgehead atoms. The van der Waals surface area contributed by atoms with Crippen LogP contribution in [0, 0.1) is 6.92 Å². The van der Waals surface area contributed by atoms with Crippen LogP contribution in [-0.4, -0.2) is 18.1 Å². The first-order valence-corrected chi connectivity index (χ1v) is 5.98. The first kappa shape index (κ1) is 13.0. The van der Waals surface area contributed by atoms with E-state index in [-0.39, 0.29) is 5.97 Å². The van der Waals surface area contributed by atoms with Gasteiger partial charge in [0.2, 0.25) is 0 Å². The molecule has 0 amide bonds. The second kappa shape index (κ2) is 5.96. The van der Waals surface area contributed by atoms with Crippen molar-refractivity contribution in [1.82, 2.24) is 4.98 Å². The number of carbonyl (C=O) groups excluding carboxylic acids is 1. The molecule has 0 atom stereocenters. The van der Waals surface area contributed by atoms with E-state index in [1.807, 2.05) is 43.3 Å². The van der Waals surface area contributed by atoms with Crippen LogP contribution in [0.15, 0.2) is 42.7 Å². The van der Waals surface area contributed by atoms with Gasteiger partial charge in [-0.15, -0.1) is 0 Å². The summed E-state index contributed by atoms with van der Waals surface area (Å²) in [4.78, 5) is 15.6. The Morgan fingerprint density at radius 3 is 2.58 bits per heavy atom. The highest BCUT2D eigenvalue weighted by molar-refractivity contribution is 5.94. The maximum absolute atomic E-state index is 11.6. The van der Waals surface area contributed by atoms with Gasteiger partial charge in [-0.05, 0) is 18.6 Å². The topological polar surface area (TPSA) is 39.2 Å². The molecule has 2 rings (SSSR count). The van der Waals surface area contributed by atoms with E-state index in [1.165, 1.54) is 12.7 Å². The van der Waals surface area contributed by atoms with Crippen LogP contribution in [0.5, 0.6) is 0 Å². The van der Waals surface area contributed by atoms with Crippen molar-refractivity contribution in [2.45, 2.75) is 6.92 Å². The molecule has 1 aromatic heterocycles. The number of aryl methyl sites for hydroxylation is 1. The molecular weight excluding hydrogens is 238 g/mol. The van der Waals surface area contributed by atoms with Crippen molar-refractivity contribution in [3.8, 4) is 0 Å². The number of benzene rings is 1. The lowest BCUT2D eigenvalue weighted by molar-refractivity contribution is 0.0600. The SMILES string of the molecule is COC(=O)c1ccncc1/C=C/c1ccc(C)cc1. The second-order valence-electron chi connectivity index (χ2n) is 4.20. The number of nitrogens with zero attached hydrogens (tertiary/aromatic N) is 1. The summed E-state index contributed by atoms with van der Waals surface area (Å²) in [5, 5.41) is 0. The van der Waals surface area contributed by atoms with Gasteiger partial charge in [-0.3, -0.25) is 4.98 Å². The summed E-state index contributed by atoms with van der Waals surface area (Å²) in [6, 6.07) is 9.80. The van der Waals surface area contributed by atoms with Crippen molar-refractivity contribution in [2.75, 3.05) is 7.11 Å². The Morgan fingerprint density at radius 1 is 1.16 bits per heavy atom. The van der Waals surface area contributed by atoms with Gasteiger partial charge in [0.15, 0.2) is 0 Å². The summed E-state index contributed by atoms with van der Waals surface area (Å²) < 4.78 is 4.74. The summed E-state index contributed by atoms with van der Waals surface area (Å²) in [6.45, 7) is 2.05. The quantitative estimate of drug-likeness (QED) is 0.787. The van der Waals surface area contributed by atoms with Gasteiger partial charge >= 0.3 is 5.97 Å². The highest BCUT2D eigenvalue weighted by Crippen LogP contribution is 2.13. The van der Waals surface area contributed by atoms with Gasteiger partial charge in [0.1, 0.15) is 0 Å². The molecule has 0 saturated heterocycles. The molecule has 19 heavy (non-hydrogen) atoms. The van der Waals surface area contributed by atoms with Crippen molar-refractivity contribution >= 4 is 18.1 Å². The Bertz CT molecular complexity index is 600. The molecule has 0 aliphatic carbocycles. The predicted octanol–water partition coefficient (Wildman–Crippen LogP) is 3.35. The lowest BCUT2D eigenvalue weighted by Gasteiger charge is -2.02. The second-order valence-corrected chi connectivity index (χ2v) is 4.20. The average Bonchev–Trinajstić information content (AvgIpc) is 2.46. The molecular formula is C16H15NO2. The maximum Gasteiger partial charge on any atom is 0.338 e. The highest BCUT2D eigenvalue weighted by Gasteiger charge is 2.08. The first-order valence-electron chi connectivity index (χ1n) is 5.98. The lowest BCUT2D eigenvalue weighted by Crippen LogP contribution is -2.03. The molecule has 1 aromatic carbocycles. The number of pyridine rings is 1. The Labute approximate surface area is 112 Å². The number of rotatable bonds is 3. The minimum atomic E-state index is -0.356. The molecule has 0 aliphatic heterocycles. The monoisotopic (exact) mass is 253 g/mol. The molecule has 96 valence electrons. The Balaban J connectivity index is 2.28. The third-order valence-corrected chi connectivity index (χ3v) is 2.79. The van der Waals surface area contributed by atoms with E-state index in [0.717, 1.165) is 11.1 Å². The number of esters is 1. The van der Waals surface area contributed by atoms with Gasteiger partial charge < -0.3 is 4.74 Å². The summed E-state index contributed by atoms with van der Waals surface area (Å²) >= 11 is 0. The third kappa shape index (κ3) is 3.28. The zero-order valence-corrected chi connectivity index (χ0v) is 11.0. The normalized spacial score (nSPS) is 10.6. The summed E-state index contributed by atoms with van der Waals surface area (Å²) in [7, 11) is 1.37. The Morgan fingerprint density at radius 2 is 1.89 bits per heavy atom. The van der Waals surface area contributed by atoms with Gasteiger partial charge in [0.25, 0.3) is 0 Å². The van der Waals surface area contributed by atoms with Crippen LogP contribution in [-0.2, 0) is 4.74 Å². The van der Waals surface area contributed by atoms with Gasteiger partial charge in [-0.2, -0.15) is 0 Å². The van der Waals surface area contributed by atoms with Crippen LogP contribution in [0.3, 0.4) is 0 Å². The Hall–Kier alpha value is -2.42. The van der Waals surface area contributed by atoms with Crippen LogP contribution < -0.4 is 0 Å². The molecule has 0 unspecified atom stereocenters. The van der Waals surface area contributed by atoms with Crippen molar-refractivity contribution in [3.63, 3.8) is 0 Å². The van der Waals surface area contributed by atoms with Crippen LogP contribution in [0.2, 0.25) is 0 Å². The van der Waals surface area contributed by atoms with Gasteiger partial charge in [0.05, 0.1) is 12.7 Å². The average molecular weight is 253 g/mol. The number of ether oxygens (including phenoxy) is 1. The molecule has 3 heteroatoms. The van der Waals surface area contributed by atoms with Gasteiger partial charge in [-0.25, -0.2) is 4.79 Å².